The number of amides is 9. The third kappa shape index (κ3) is 42.2. The Labute approximate surface area is 472 Å². The Kier molecular flexibility index (Phi) is 32.7. The SMILES string of the molecule is CC(C)(C)OC(=O)CNC(=O)C(CCCCNC(=O)OC(C)(C)C)NC(=O)CCC(=O)NCCCCC(NC(=O)CCC(=O)NC(CCCCNC(=O)OC(C)(C)C)C(=O)NCC(=O)OC(C)(C)C)C(=O)NCC(=O)OC(C)(C)C. The number of carbonyl (C=O) groups is 12. The van der Waals surface area contributed by atoms with Crippen LogP contribution in [0, 0.1) is 0 Å². The van der Waals surface area contributed by atoms with Gasteiger partial charge in [-0.2, -0.15) is 0 Å². The number of nitrogens with one attached hydrogen (secondary N) is 9. The lowest BCUT2D eigenvalue weighted by Crippen LogP contribution is -2.49. The molecule has 0 aromatic carbocycles. The molecule has 9 N–H and O–H groups in total. The number of unbranched alkanes of at least 4 members (excludes halogenated alkanes) is 3. The summed E-state index contributed by atoms with van der Waals surface area (Å²) in [7, 11) is 0. The van der Waals surface area contributed by atoms with E-state index in [4.69, 9.17) is 23.7 Å². The van der Waals surface area contributed by atoms with E-state index in [0.29, 0.717) is 32.1 Å². The van der Waals surface area contributed by atoms with Crippen molar-refractivity contribution in [3.8, 4) is 0 Å². The molecule has 458 valence electrons. The second-order valence-corrected chi connectivity index (χ2v) is 24.0. The zero-order valence-electron chi connectivity index (χ0n) is 50.1. The van der Waals surface area contributed by atoms with Gasteiger partial charge in [0.2, 0.25) is 41.4 Å². The molecule has 0 spiro atoms. The largest absolute Gasteiger partial charge is 0.459 e. The zero-order chi connectivity index (χ0) is 61.5. The van der Waals surface area contributed by atoms with Crippen LogP contribution in [0.3, 0.4) is 0 Å². The van der Waals surface area contributed by atoms with Gasteiger partial charge in [-0.25, -0.2) is 9.59 Å². The highest BCUT2D eigenvalue weighted by molar-refractivity contribution is 5.93. The molecule has 0 rings (SSSR count). The standard InChI is InChI=1S/C54H95N9O17/c1-50(2,3)76-42(68)32-58-45(71)35(62-40(66)27-28-41(67)63-37(47(73)60-34-44(70)78-52(7,8)9)24-18-21-31-57-49(75)80-54(13,14)15)22-16-19-29-55-38(64)25-26-39(65)61-36(46(72)59-33-43(69)77-51(4,5)6)23-17-20-30-56-48(74)79-53(10,11)12/h35-37H,16-34H2,1-15H3,(H,55,64)(H,56,74)(H,57,75)(H,58,71)(H,59,72)(H,60,73)(H,61,65)(H,62,66)(H,63,67). The second kappa shape index (κ2) is 35.8. The van der Waals surface area contributed by atoms with E-state index in [9.17, 15) is 57.5 Å². The van der Waals surface area contributed by atoms with Crippen molar-refractivity contribution in [3.05, 3.63) is 0 Å². The summed E-state index contributed by atoms with van der Waals surface area (Å²) in [6, 6.07) is -3.40. The normalized spacial score (nSPS) is 12.8. The molecule has 26 heteroatoms. The van der Waals surface area contributed by atoms with Crippen molar-refractivity contribution < 1.29 is 81.2 Å². The van der Waals surface area contributed by atoms with Crippen LogP contribution in [-0.2, 0) is 71.6 Å². The van der Waals surface area contributed by atoms with Gasteiger partial charge in [-0.15, -0.1) is 0 Å². The first kappa shape index (κ1) is 73.2. The van der Waals surface area contributed by atoms with Gasteiger partial charge in [0.1, 0.15) is 65.8 Å². The average Bonchev–Trinajstić information content (AvgIpc) is 3.28. The van der Waals surface area contributed by atoms with Crippen LogP contribution >= 0.6 is 0 Å². The van der Waals surface area contributed by atoms with Gasteiger partial charge in [-0.05, 0) is 162 Å². The first-order valence-corrected chi connectivity index (χ1v) is 27.3. The van der Waals surface area contributed by atoms with Gasteiger partial charge >= 0.3 is 30.1 Å². The number of rotatable bonds is 33. The van der Waals surface area contributed by atoms with E-state index in [2.05, 4.69) is 47.9 Å². The van der Waals surface area contributed by atoms with Crippen molar-refractivity contribution in [2.45, 2.75) is 233 Å². The van der Waals surface area contributed by atoms with Crippen molar-refractivity contribution in [1.29, 1.82) is 0 Å². The maximum atomic E-state index is 13.4. The molecule has 26 nitrogen and oxygen atoms in total. The third-order valence-electron chi connectivity index (χ3n) is 10.0. The second-order valence-electron chi connectivity index (χ2n) is 24.0. The van der Waals surface area contributed by atoms with Gasteiger partial charge in [0.15, 0.2) is 0 Å². The monoisotopic (exact) mass is 1140 g/mol. The van der Waals surface area contributed by atoms with Gasteiger partial charge in [0.05, 0.1) is 0 Å². The number of hydrogen-bond donors (Lipinski definition) is 9. The van der Waals surface area contributed by atoms with E-state index >= 15 is 0 Å². The molecule has 0 fully saturated rings. The van der Waals surface area contributed by atoms with Crippen LogP contribution < -0.4 is 47.9 Å². The fraction of sp³-hybridized carbons (Fsp3) is 0.778. The van der Waals surface area contributed by atoms with Crippen molar-refractivity contribution in [2.24, 2.45) is 0 Å². The van der Waals surface area contributed by atoms with Gasteiger partial charge in [-0.3, -0.25) is 47.9 Å². The van der Waals surface area contributed by atoms with Gasteiger partial charge < -0.3 is 71.5 Å². The molecule has 3 atom stereocenters. The maximum Gasteiger partial charge on any atom is 0.407 e. The van der Waals surface area contributed by atoms with Gasteiger partial charge in [0.25, 0.3) is 0 Å². The van der Waals surface area contributed by atoms with Crippen molar-refractivity contribution in [1.82, 2.24) is 47.9 Å². The molecule has 0 bridgehead atoms. The van der Waals surface area contributed by atoms with E-state index in [1.165, 1.54) is 0 Å². The lowest BCUT2D eigenvalue weighted by molar-refractivity contribution is -0.155. The Hall–Kier alpha value is -6.76. The molecule has 0 aromatic heterocycles. The van der Waals surface area contributed by atoms with Crippen molar-refractivity contribution >= 4 is 71.4 Å². The highest BCUT2D eigenvalue weighted by Crippen LogP contribution is 2.12. The van der Waals surface area contributed by atoms with Crippen LogP contribution in [0.5, 0.6) is 0 Å². The van der Waals surface area contributed by atoms with E-state index in [0.717, 1.165) is 0 Å². The Bertz CT molecular complexity index is 2070. The smallest absolute Gasteiger partial charge is 0.407 e. The zero-order valence-corrected chi connectivity index (χ0v) is 50.1. The van der Waals surface area contributed by atoms with Crippen LogP contribution in [0.4, 0.5) is 9.59 Å². The summed E-state index contributed by atoms with van der Waals surface area (Å²) in [5, 5.41) is 23.1. The molecule has 0 saturated carbocycles. The first-order valence-electron chi connectivity index (χ1n) is 27.3. The molecule has 0 aliphatic heterocycles. The Morgan fingerprint density at radius 3 is 0.787 bits per heavy atom. The fourth-order valence-electron chi connectivity index (χ4n) is 6.79. The van der Waals surface area contributed by atoms with Gasteiger partial charge in [-0.1, -0.05) is 0 Å². The lowest BCUT2D eigenvalue weighted by Gasteiger charge is -2.22. The number of carbonyl (C=O) groups excluding carboxylic acids is 12. The summed E-state index contributed by atoms with van der Waals surface area (Å²) in [4.78, 5) is 153. The number of hydrogen-bond acceptors (Lipinski definition) is 17. The molecule has 0 aliphatic rings. The van der Waals surface area contributed by atoms with Crippen LogP contribution in [-0.4, -0.2) is 157 Å². The molecule has 9 amide bonds. The van der Waals surface area contributed by atoms with E-state index < -0.39 is 150 Å². The van der Waals surface area contributed by atoms with Crippen LogP contribution in [0.1, 0.15) is 187 Å². The van der Waals surface area contributed by atoms with Crippen LogP contribution in [0.25, 0.3) is 0 Å². The predicted molar refractivity (Wildman–Crippen MR) is 294 cm³/mol. The molecule has 0 radical (unpaired) electrons. The predicted octanol–water partition coefficient (Wildman–Crippen LogP) is 3.05. The minimum absolute atomic E-state index is 0.0352. The van der Waals surface area contributed by atoms with E-state index in [1.54, 1.807) is 104 Å². The topological polar surface area (TPSA) is 359 Å². The summed E-state index contributed by atoms with van der Waals surface area (Å²) in [6.45, 7) is 24.5. The van der Waals surface area contributed by atoms with E-state index in [-0.39, 0.29) is 58.2 Å². The van der Waals surface area contributed by atoms with Crippen LogP contribution in [0.15, 0.2) is 0 Å². The van der Waals surface area contributed by atoms with Gasteiger partial charge in [0, 0.05) is 45.3 Å². The summed E-state index contributed by atoms with van der Waals surface area (Å²) in [6.07, 6.45) is -0.141. The number of alkyl carbamates (subject to hydrolysis) is 2. The molecule has 3 unspecified atom stereocenters. The average molecular weight is 1140 g/mol. The molecular weight excluding hydrogens is 1050 g/mol. The quantitative estimate of drug-likeness (QED) is 0.0259. The minimum atomic E-state index is -1.19. The van der Waals surface area contributed by atoms with E-state index in [1.807, 2.05) is 0 Å². The van der Waals surface area contributed by atoms with Crippen molar-refractivity contribution in [3.63, 3.8) is 0 Å². The summed E-state index contributed by atoms with van der Waals surface area (Å²) in [5.41, 5.74) is -3.83. The minimum Gasteiger partial charge on any atom is -0.459 e. The molecule has 0 heterocycles. The Morgan fingerprint density at radius 1 is 0.300 bits per heavy atom. The summed E-state index contributed by atoms with van der Waals surface area (Å²) < 4.78 is 26.2. The molecule has 0 aliphatic carbocycles. The van der Waals surface area contributed by atoms with Crippen molar-refractivity contribution in [2.75, 3.05) is 39.3 Å². The number of esters is 3. The number of ether oxygens (including phenoxy) is 5. The fourth-order valence-corrected chi connectivity index (χ4v) is 6.79. The molecule has 80 heavy (non-hydrogen) atoms. The highest BCUT2D eigenvalue weighted by Gasteiger charge is 2.28. The summed E-state index contributed by atoms with van der Waals surface area (Å²) >= 11 is 0. The first-order chi connectivity index (χ1) is 36.7. The Balaban J connectivity index is 5.62. The Morgan fingerprint density at radius 2 is 0.537 bits per heavy atom. The molecule has 0 aromatic rings. The molecule has 0 saturated heterocycles. The molecular formula is C54H95N9O17. The summed E-state index contributed by atoms with van der Waals surface area (Å²) in [5.74, 6) is -6.66. The van der Waals surface area contributed by atoms with Crippen LogP contribution in [0.2, 0.25) is 0 Å². The highest BCUT2D eigenvalue weighted by atomic mass is 16.6. The lowest BCUT2D eigenvalue weighted by atomic mass is 10.1. The maximum absolute atomic E-state index is 13.4. The third-order valence-corrected chi connectivity index (χ3v) is 10.0.